The molecule has 5 aromatic carbocycles. The number of rotatable bonds is 17. The lowest BCUT2D eigenvalue weighted by atomic mass is 9.78. The fourth-order valence-corrected chi connectivity index (χ4v) is 9.97. The number of aromatic nitrogens is 6. The predicted molar refractivity (Wildman–Crippen MR) is 384 cm³/mol. The molecule has 0 radical (unpaired) electrons. The Bertz CT molecular complexity index is 4630. The molecular weight excluding hydrogens is 1420 g/mol. The van der Waals surface area contributed by atoms with Crippen molar-refractivity contribution >= 4 is 149 Å². The number of amides is 4. The fraction of sp³-hybridized carbons (Fsp3) is 0.129. The summed E-state index contributed by atoms with van der Waals surface area (Å²) in [7, 11) is -0.520. The van der Waals surface area contributed by atoms with E-state index in [1.807, 2.05) is 76.2 Å². The quantitative estimate of drug-likeness (QED) is 0.0238. The Morgan fingerprint density at radius 1 is 0.541 bits per heavy atom. The number of carbonyl (C=O) groups excluding carboxylic acids is 4. The number of carboxylic acid groups (broad SMARTS) is 1. The Kier molecular flexibility index (Phi) is 24.4. The first-order valence-electron chi connectivity index (χ1n) is 29.8. The van der Waals surface area contributed by atoms with Gasteiger partial charge in [-0.25, -0.2) is 19.7 Å². The number of nitrogen functional groups attached to an aromatic ring is 2. The van der Waals surface area contributed by atoms with E-state index in [1.54, 1.807) is 134 Å². The van der Waals surface area contributed by atoms with Crippen LogP contribution in [0.2, 0.25) is 10.0 Å². The van der Waals surface area contributed by atoms with Crippen molar-refractivity contribution in [3.05, 3.63) is 259 Å². The van der Waals surface area contributed by atoms with Crippen molar-refractivity contribution in [2.24, 2.45) is 0 Å². The highest BCUT2D eigenvalue weighted by molar-refractivity contribution is 9.10. The summed E-state index contributed by atoms with van der Waals surface area (Å²) in [6.07, 6.45) is 18.7. The summed E-state index contributed by atoms with van der Waals surface area (Å²) in [6.45, 7) is 8.81. The van der Waals surface area contributed by atoms with Crippen LogP contribution in [0.4, 0.5) is 17.5 Å². The number of halogens is 4. The van der Waals surface area contributed by atoms with Crippen molar-refractivity contribution in [3.63, 3.8) is 0 Å². The highest BCUT2D eigenvalue weighted by atomic mass is 79.9. The number of hydrazine groups is 1. The molecule has 0 spiro atoms. The van der Waals surface area contributed by atoms with E-state index >= 15 is 0 Å². The first-order valence-corrected chi connectivity index (χ1v) is 32.1. The van der Waals surface area contributed by atoms with E-state index in [2.05, 4.69) is 88.6 Å². The largest absolute Gasteiger partial charge is 0.494 e. The third kappa shape index (κ3) is 20.5. The zero-order valence-corrected chi connectivity index (χ0v) is 57.5. The van der Waals surface area contributed by atoms with Gasteiger partial charge in [0.2, 0.25) is 11.8 Å². The first-order chi connectivity index (χ1) is 46.9. The number of furan rings is 2. The lowest BCUT2D eigenvalue weighted by Crippen LogP contribution is -2.41. The van der Waals surface area contributed by atoms with Crippen LogP contribution < -0.4 is 43.7 Å². The number of benzene rings is 5. The molecule has 0 unspecified atom stereocenters. The van der Waals surface area contributed by atoms with E-state index in [0.717, 1.165) is 53.1 Å². The van der Waals surface area contributed by atoms with Crippen molar-refractivity contribution in [2.45, 2.75) is 58.5 Å². The molecule has 0 saturated carbocycles. The molecule has 0 atom stereocenters. The summed E-state index contributed by atoms with van der Waals surface area (Å²) in [4.78, 5) is 82.8. The number of nitrogens with two attached hydrogens (primary N) is 2. The smallest absolute Gasteiger partial charge is 0.478 e. The Hall–Kier alpha value is -10.6. The van der Waals surface area contributed by atoms with Crippen LogP contribution in [0.1, 0.15) is 87.1 Å². The fourth-order valence-electron chi connectivity index (χ4n) is 8.90. The number of nitrogens with zero attached hydrogens (tertiary/aromatic N) is 6. The van der Waals surface area contributed by atoms with Crippen molar-refractivity contribution < 1.29 is 47.2 Å². The van der Waals surface area contributed by atoms with E-state index in [-0.39, 0.29) is 36.7 Å². The van der Waals surface area contributed by atoms with Gasteiger partial charge in [0, 0.05) is 80.2 Å². The standard InChI is InChI=1S/C28H22ClN7O3.C23H25BClN3O4.C12H10BrN3O.C7H5BrO2/c29-23-13-20(18-3-5-19(6-4-18)28(38)36-35-25-16-31-9-10-32-25)11-21-12-22(39-27(21)23)15-34-26(37)8-2-17-1-7-24(30)33-14-17;1-22(2)23(3,4)32-24(31-22)16-9-15-10-17(30-21(15)18(25)11-16)13-28-20(29)8-6-14-5-7-19(26)27-12-14;13-10-3-1-9(2-4-10)12(17)16-8-11-7-14-5-6-15-11;8-6-3-1-5(2-4-6)7(9)10/h1-14,16H,15H2,(H2,30,33)(H,32,35)(H,34,37)(H,36,38);5-12H,13H2,1-4H3,(H2,26,27)(H,28,29);1-7H,8H2,(H,16,17);1-4H,(H,9,10)/b8-2+;8-6+;;. The molecule has 0 aliphatic carbocycles. The van der Waals surface area contributed by atoms with E-state index < -0.39 is 24.3 Å². The zero-order chi connectivity index (χ0) is 69.9. The van der Waals surface area contributed by atoms with Gasteiger partial charge in [-0.15, -0.1) is 0 Å². The molecule has 4 amide bonds. The maximum Gasteiger partial charge on any atom is 0.494 e. The molecule has 10 N–H and O–H groups in total. The van der Waals surface area contributed by atoms with Crippen LogP contribution in [0, 0.1) is 0 Å². The number of carboxylic acids is 1. The summed E-state index contributed by atoms with van der Waals surface area (Å²) in [5, 5.41) is 19.3. The van der Waals surface area contributed by atoms with Crippen LogP contribution in [0.5, 0.6) is 0 Å². The molecule has 28 heteroatoms. The summed E-state index contributed by atoms with van der Waals surface area (Å²) in [6, 6.07) is 38.8. The van der Waals surface area contributed by atoms with Crippen molar-refractivity contribution in [2.75, 3.05) is 16.9 Å². The van der Waals surface area contributed by atoms with E-state index in [9.17, 15) is 24.0 Å². The molecule has 498 valence electrons. The third-order valence-corrected chi connectivity index (χ3v) is 16.3. The van der Waals surface area contributed by atoms with Gasteiger partial charge in [0.25, 0.3) is 11.8 Å². The highest BCUT2D eigenvalue weighted by Gasteiger charge is 2.52. The zero-order valence-electron chi connectivity index (χ0n) is 52.8. The van der Waals surface area contributed by atoms with Crippen molar-refractivity contribution in [3.8, 4) is 11.1 Å². The average Bonchev–Trinajstić information content (AvgIpc) is 1.61. The predicted octanol–water partition coefficient (Wildman–Crippen LogP) is 12.6. The Morgan fingerprint density at radius 3 is 1.54 bits per heavy atom. The molecule has 23 nitrogen and oxygen atoms in total. The maximum absolute atomic E-state index is 12.4. The second kappa shape index (κ2) is 33.4. The number of hydrogen-bond acceptors (Lipinski definition) is 18. The lowest BCUT2D eigenvalue weighted by molar-refractivity contribution is -0.117. The molecule has 1 saturated heterocycles. The second-order valence-corrected chi connectivity index (χ2v) is 25.0. The summed E-state index contributed by atoms with van der Waals surface area (Å²) >= 11 is 19.5. The first kappa shape index (κ1) is 71.7. The number of anilines is 3. The normalized spacial score (nSPS) is 12.7. The number of nitrogens with one attached hydrogen (secondary N) is 5. The number of hydrogen-bond donors (Lipinski definition) is 8. The monoisotopic (exact) mass is 1480 g/mol. The van der Waals surface area contributed by atoms with Crippen LogP contribution in [0.3, 0.4) is 0 Å². The van der Waals surface area contributed by atoms with Crippen LogP contribution in [-0.4, -0.2) is 82.9 Å². The maximum atomic E-state index is 12.4. The lowest BCUT2D eigenvalue weighted by Gasteiger charge is -2.32. The molecule has 0 bridgehead atoms. The molecule has 98 heavy (non-hydrogen) atoms. The molecule has 1 fully saturated rings. The van der Waals surface area contributed by atoms with Gasteiger partial charge in [0.1, 0.15) is 23.2 Å². The molecule has 7 heterocycles. The number of aromatic carboxylic acids is 1. The van der Waals surface area contributed by atoms with Gasteiger partial charge in [-0.05, 0) is 183 Å². The minimum absolute atomic E-state index is 0.122. The van der Waals surface area contributed by atoms with Gasteiger partial charge < -0.3 is 50.7 Å². The van der Waals surface area contributed by atoms with Gasteiger partial charge in [-0.3, -0.25) is 45.0 Å². The van der Waals surface area contributed by atoms with Gasteiger partial charge >= 0.3 is 13.1 Å². The van der Waals surface area contributed by atoms with Crippen LogP contribution in [0.25, 0.3) is 45.2 Å². The third-order valence-electron chi connectivity index (χ3n) is 14.7. The molecule has 11 aromatic rings. The molecular formula is C70H62BBr2Cl2N13O10. The van der Waals surface area contributed by atoms with Crippen molar-refractivity contribution in [1.29, 1.82) is 0 Å². The molecule has 1 aliphatic rings. The van der Waals surface area contributed by atoms with Crippen LogP contribution in [0.15, 0.2) is 213 Å². The number of pyridine rings is 2. The molecule has 1 aliphatic heterocycles. The Balaban J connectivity index is 0.000000169. The van der Waals surface area contributed by atoms with Crippen molar-refractivity contribution in [1.82, 2.24) is 51.3 Å². The highest BCUT2D eigenvalue weighted by Crippen LogP contribution is 2.38. The van der Waals surface area contributed by atoms with Gasteiger partial charge in [-0.1, -0.05) is 73.3 Å². The second-order valence-electron chi connectivity index (χ2n) is 22.4. The summed E-state index contributed by atoms with van der Waals surface area (Å²) in [5.74, 6) is 0.537. The molecule has 6 aromatic heterocycles. The Labute approximate surface area is 589 Å². The number of fused-ring (bicyclic) bond motifs is 2. The van der Waals surface area contributed by atoms with Crippen LogP contribution in [-0.2, 0) is 38.5 Å². The van der Waals surface area contributed by atoms with Gasteiger partial charge in [-0.2, -0.15) is 0 Å². The average molecular weight is 1490 g/mol. The number of carbonyl (C=O) groups is 5. The minimum atomic E-state index is -0.896. The topological polar surface area (TPSA) is 340 Å². The summed E-state index contributed by atoms with van der Waals surface area (Å²) < 4.78 is 25.8. The van der Waals surface area contributed by atoms with E-state index in [4.69, 9.17) is 57.9 Å². The SMILES string of the molecule is CC1(C)OB(c2cc(Cl)c3oc(CNC(=O)/C=C/c4ccc(N)nc4)cc3c2)OC1(C)C.Nc1ccc(/C=C/C(=O)NCc2cc3cc(-c4ccc(C(=O)NNc5cnccn5)cc4)cc(Cl)c3o2)cn1.O=C(NCc1cnccn1)c1ccc(Br)cc1.O=C(O)c1ccc(Br)cc1. The Morgan fingerprint density at radius 2 is 1.04 bits per heavy atom. The molecule has 12 rings (SSSR count). The summed E-state index contributed by atoms with van der Waals surface area (Å²) in [5.41, 5.74) is 22.8. The van der Waals surface area contributed by atoms with Gasteiger partial charge in [0.15, 0.2) is 17.0 Å². The van der Waals surface area contributed by atoms with Crippen LogP contribution >= 0.6 is 55.1 Å². The van der Waals surface area contributed by atoms with E-state index in [1.165, 1.54) is 24.5 Å². The minimum Gasteiger partial charge on any atom is -0.478 e. The van der Waals surface area contributed by atoms with E-state index in [0.29, 0.717) is 73.4 Å². The van der Waals surface area contributed by atoms with Gasteiger partial charge in [0.05, 0.1) is 64.5 Å².